The molecule has 11 heavy (non-hydrogen) atoms. The molecule has 0 aromatic rings. The van der Waals surface area contributed by atoms with Crippen molar-refractivity contribution < 1.29 is 4.74 Å². The van der Waals surface area contributed by atoms with E-state index in [0.717, 1.165) is 19.4 Å². The Morgan fingerprint density at radius 1 is 1.45 bits per heavy atom. The van der Waals surface area contributed by atoms with Crippen LogP contribution in [0.15, 0.2) is 12.2 Å². The zero-order valence-corrected chi connectivity index (χ0v) is 7.81. The van der Waals surface area contributed by atoms with Crippen LogP contribution in [-0.4, -0.2) is 12.7 Å². The molecule has 0 saturated carbocycles. The van der Waals surface area contributed by atoms with E-state index in [1.165, 1.54) is 5.57 Å². The summed E-state index contributed by atoms with van der Waals surface area (Å²) in [5, 5.41) is 0. The van der Waals surface area contributed by atoms with Gasteiger partial charge in [0.05, 0.1) is 12.7 Å². The molecule has 1 aliphatic rings. The van der Waals surface area contributed by atoms with Gasteiger partial charge in [0.1, 0.15) is 0 Å². The normalized spacial score (nSPS) is 27.2. The first-order valence-electron chi connectivity index (χ1n) is 4.28. The molecule has 1 saturated heterocycles. The van der Waals surface area contributed by atoms with Crippen LogP contribution in [-0.2, 0) is 4.74 Å². The predicted octanol–water partition coefficient (Wildman–Crippen LogP) is 2.77. The predicted molar refractivity (Wildman–Crippen MR) is 47.6 cm³/mol. The summed E-state index contributed by atoms with van der Waals surface area (Å²) in [5.74, 6) is 0. The number of ether oxygens (including phenoxy) is 1. The highest BCUT2D eigenvalue weighted by atomic mass is 16.5. The van der Waals surface area contributed by atoms with Crippen molar-refractivity contribution in [2.45, 2.75) is 39.7 Å². The highest BCUT2D eigenvalue weighted by molar-refractivity contribution is 4.99. The zero-order valence-electron chi connectivity index (χ0n) is 7.81. The third kappa shape index (κ3) is 2.33. The van der Waals surface area contributed by atoms with E-state index in [2.05, 4.69) is 27.4 Å². The van der Waals surface area contributed by atoms with Crippen molar-refractivity contribution in [1.29, 1.82) is 0 Å². The van der Waals surface area contributed by atoms with Gasteiger partial charge in [0.2, 0.25) is 0 Å². The van der Waals surface area contributed by atoms with Crippen LogP contribution in [0.3, 0.4) is 0 Å². The minimum absolute atomic E-state index is 0.292. The van der Waals surface area contributed by atoms with Gasteiger partial charge in [-0.05, 0) is 18.3 Å². The Morgan fingerprint density at radius 2 is 2.09 bits per heavy atom. The summed E-state index contributed by atoms with van der Waals surface area (Å²) < 4.78 is 5.66. The molecule has 1 heterocycles. The zero-order chi connectivity index (χ0) is 8.48. The Balaban J connectivity index is 2.45. The van der Waals surface area contributed by atoms with Gasteiger partial charge < -0.3 is 4.74 Å². The third-order valence-corrected chi connectivity index (χ3v) is 2.21. The van der Waals surface area contributed by atoms with E-state index in [-0.39, 0.29) is 0 Å². The molecule has 1 unspecified atom stereocenters. The van der Waals surface area contributed by atoms with E-state index in [4.69, 9.17) is 4.74 Å². The molecule has 0 aromatic heterocycles. The van der Waals surface area contributed by atoms with Crippen LogP contribution in [0.2, 0.25) is 0 Å². The van der Waals surface area contributed by atoms with E-state index < -0.39 is 0 Å². The average Bonchev–Trinajstić information content (AvgIpc) is 1.86. The molecule has 0 aromatic carbocycles. The van der Waals surface area contributed by atoms with E-state index in [9.17, 15) is 0 Å². The number of rotatable bonds is 0. The number of hydrogen-bond donors (Lipinski definition) is 0. The van der Waals surface area contributed by atoms with Gasteiger partial charge in [-0.15, -0.1) is 0 Å². The summed E-state index contributed by atoms with van der Waals surface area (Å²) in [4.78, 5) is 0. The molecule has 0 amide bonds. The van der Waals surface area contributed by atoms with Crippen molar-refractivity contribution in [2.75, 3.05) is 6.61 Å². The Bertz CT molecular complexity index is 143. The molecule has 1 heteroatoms. The summed E-state index contributed by atoms with van der Waals surface area (Å²) >= 11 is 0. The van der Waals surface area contributed by atoms with Gasteiger partial charge in [0.25, 0.3) is 0 Å². The van der Waals surface area contributed by atoms with Gasteiger partial charge in [0, 0.05) is 0 Å². The summed E-state index contributed by atoms with van der Waals surface area (Å²) in [6.07, 6.45) is 2.71. The first kappa shape index (κ1) is 8.79. The maximum absolute atomic E-state index is 5.66. The lowest BCUT2D eigenvalue weighted by atomic mass is 9.84. The molecule has 0 N–H and O–H groups in total. The smallest absolute Gasteiger partial charge is 0.0678 e. The molecule has 64 valence electrons. The molecule has 0 spiro atoms. The highest BCUT2D eigenvalue weighted by Crippen LogP contribution is 2.30. The molecule has 1 fully saturated rings. The van der Waals surface area contributed by atoms with Crippen LogP contribution in [0, 0.1) is 5.41 Å². The van der Waals surface area contributed by atoms with E-state index >= 15 is 0 Å². The maximum Gasteiger partial charge on any atom is 0.0678 e. The van der Waals surface area contributed by atoms with Crippen LogP contribution in [0.5, 0.6) is 0 Å². The maximum atomic E-state index is 5.66. The van der Waals surface area contributed by atoms with Crippen LogP contribution in [0.25, 0.3) is 0 Å². The Labute approximate surface area is 69.4 Å². The lowest BCUT2D eigenvalue weighted by molar-refractivity contribution is -0.0276. The molecule has 1 aliphatic heterocycles. The molecular formula is C10H18O. The SMILES string of the molecule is C=C1CCC(C(C)(C)C)OC1. The Morgan fingerprint density at radius 3 is 2.45 bits per heavy atom. The number of hydrogen-bond acceptors (Lipinski definition) is 1. The highest BCUT2D eigenvalue weighted by Gasteiger charge is 2.27. The molecule has 1 rings (SSSR count). The van der Waals surface area contributed by atoms with Gasteiger partial charge in [-0.25, -0.2) is 0 Å². The fourth-order valence-corrected chi connectivity index (χ4v) is 1.39. The van der Waals surface area contributed by atoms with Crippen molar-refractivity contribution in [3.05, 3.63) is 12.2 Å². The molecule has 1 atom stereocenters. The van der Waals surface area contributed by atoms with Crippen molar-refractivity contribution in [1.82, 2.24) is 0 Å². The lowest BCUT2D eigenvalue weighted by Gasteiger charge is -2.34. The second-order valence-corrected chi connectivity index (χ2v) is 4.45. The fraction of sp³-hybridized carbons (Fsp3) is 0.800. The molecule has 0 radical (unpaired) electrons. The minimum Gasteiger partial charge on any atom is -0.373 e. The monoisotopic (exact) mass is 154 g/mol. The standard InChI is InChI=1S/C10H18O/c1-8-5-6-9(11-7-8)10(2,3)4/h9H,1,5-7H2,2-4H3. The molecule has 0 bridgehead atoms. The van der Waals surface area contributed by atoms with Gasteiger partial charge in [-0.2, -0.15) is 0 Å². The topological polar surface area (TPSA) is 9.23 Å². The minimum atomic E-state index is 0.292. The Kier molecular flexibility index (Phi) is 2.38. The second-order valence-electron chi connectivity index (χ2n) is 4.45. The van der Waals surface area contributed by atoms with Crippen molar-refractivity contribution in [3.63, 3.8) is 0 Å². The van der Waals surface area contributed by atoms with Gasteiger partial charge in [0.15, 0.2) is 0 Å². The first-order chi connectivity index (χ1) is 5.00. The van der Waals surface area contributed by atoms with Gasteiger partial charge >= 0.3 is 0 Å². The molecule has 0 aliphatic carbocycles. The average molecular weight is 154 g/mol. The van der Waals surface area contributed by atoms with Crippen molar-refractivity contribution in [2.24, 2.45) is 5.41 Å². The van der Waals surface area contributed by atoms with E-state index in [1.807, 2.05) is 0 Å². The fourth-order valence-electron chi connectivity index (χ4n) is 1.39. The van der Waals surface area contributed by atoms with E-state index in [1.54, 1.807) is 0 Å². The van der Waals surface area contributed by atoms with Crippen molar-refractivity contribution >= 4 is 0 Å². The summed E-state index contributed by atoms with van der Waals surface area (Å²) in [7, 11) is 0. The molecular weight excluding hydrogens is 136 g/mol. The largest absolute Gasteiger partial charge is 0.373 e. The lowest BCUT2D eigenvalue weighted by Crippen LogP contribution is -2.32. The van der Waals surface area contributed by atoms with Crippen LogP contribution >= 0.6 is 0 Å². The van der Waals surface area contributed by atoms with Gasteiger partial charge in [-0.1, -0.05) is 32.9 Å². The third-order valence-electron chi connectivity index (χ3n) is 2.21. The van der Waals surface area contributed by atoms with Gasteiger partial charge in [-0.3, -0.25) is 0 Å². The van der Waals surface area contributed by atoms with E-state index in [0.29, 0.717) is 11.5 Å². The van der Waals surface area contributed by atoms with Crippen LogP contribution in [0.1, 0.15) is 33.6 Å². The first-order valence-corrected chi connectivity index (χ1v) is 4.28. The second kappa shape index (κ2) is 2.98. The quantitative estimate of drug-likeness (QED) is 0.487. The summed E-state index contributed by atoms with van der Waals surface area (Å²) in [6.45, 7) is 11.4. The van der Waals surface area contributed by atoms with Crippen LogP contribution < -0.4 is 0 Å². The summed E-state index contributed by atoms with van der Waals surface area (Å²) in [6, 6.07) is 0. The van der Waals surface area contributed by atoms with Crippen LogP contribution in [0.4, 0.5) is 0 Å². The Hall–Kier alpha value is -0.300. The summed E-state index contributed by atoms with van der Waals surface area (Å²) in [5.41, 5.74) is 1.53. The van der Waals surface area contributed by atoms with Crippen molar-refractivity contribution in [3.8, 4) is 0 Å². The molecule has 1 nitrogen and oxygen atoms in total.